The molecule has 25 heavy (non-hydrogen) atoms. The Labute approximate surface area is 178 Å². The molecule has 1 aliphatic carbocycles. The summed E-state index contributed by atoms with van der Waals surface area (Å²) >= 11 is 5.88. The second kappa shape index (κ2) is 8.34. The number of halogens is 2. The number of phenols is 1. The zero-order valence-corrected chi connectivity index (χ0v) is 18.8. The van der Waals surface area contributed by atoms with E-state index in [1.54, 1.807) is 17.6 Å². The number of hydrogen-bond donors (Lipinski definition) is 1. The summed E-state index contributed by atoms with van der Waals surface area (Å²) in [7, 11) is 0. The second-order valence-corrected chi connectivity index (χ2v) is 9.19. The zero-order chi connectivity index (χ0) is 18.0. The largest absolute Gasteiger partial charge is 0.506 e. The topological polar surface area (TPSA) is 58.9 Å². The Bertz CT molecular complexity index is 845. The van der Waals surface area contributed by atoms with Crippen LogP contribution in [0.15, 0.2) is 17.1 Å². The molecule has 1 aromatic carbocycles. The summed E-state index contributed by atoms with van der Waals surface area (Å²) in [5.41, 5.74) is 2.36. The molecule has 1 heterocycles. The maximum atomic E-state index is 12.4. The fourth-order valence-corrected chi connectivity index (χ4v) is 5.98. The van der Waals surface area contributed by atoms with Crippen LogP contribution in [0.1, 0.15) is 46.1 Å². The van der Waals surface area contributed by atoms with Gasteiger partial charge in [0.1, 0.15) is 10.8 Å². The van der Waals surface area contributed by atoms with Gasteiger partial charge in [-0.2, -0.15) is 0 Å². The highest BCUT2D eigenvalue weighted by molar-refractivity contribution is 14.1. The van der Waals surface area contributed by atoms with Crippen LogP contribution >= 0.6 is 56.5 Å². The van der Waals surface area contributed by atoms with E-state index in [-0.39, 0.29) is 11.7 Å². The molecule has 0 spiro atoms. The number of carbonyl (C=O) groups is 1. The van der Waals surface area contributed by atoms with Crippen molar-refractivity contribution in [2.24, 2.45) is 4.99 Å². The summed E-state index contributed by atoms with van der Waals surface area (Å²) < 4.78 is 7.05. The molecule has 1 N–H and O–H groups in total. The fraction of sp³-hybridized carbons (Fsp3) is 0.333. The van der Waals surface area contributed by atoms with E-state index in [9.17, 15) is 9.90 Å². The van der Waals surface area contributed by atoms with E-state index in [0.29, 0.717) is 22.7 Å². The van der Waals surface area contributed by atoms with E-state index in [4.69, 9.17) is 4.74 Å². The first-order valence-electron chi connectivity index (χ1n) is 8.05. The number of carbonyl (C=O) groups excluding carboxylic acids is 1. The van der Waals surface area contributed by atoms with Crippen molar-refractivity contribution in [3.63, 3.8) is 0 Å². The quantitative estimate of drug-likeness (QED) is 0.296. The lowest BCUT2D eigenvalue weighted by molar-refractivity contribution is 0.0526. The number of ether oxygens (including phenoxy) is 1. The van der Waals surface area contributed by atoms with Crippen LogP contribution in [0, 0.1) is 7.14 Å². The van der Waals surface area contributed by atoms with Crippen LogP contribution in [0.4, 0.5) is 5.00 Å². The predicted octanol–water partition coefficient (Wildman–Crippen LogP) is 5.47. The molecule has 1 aliphatic rings. The average Bonchev–Trinajstić information content (AvgIpc) is 2.95. The van der Waals surface area contributed by atoms with Gasteiger partial charge >= 0.3 is 5.97 Å². The molecule has 7 heteroatoms. The van der Waals surface area contributed by atoms with Crippen LogP contribution in [-0.4, -0.2) is 23.9 Å². The van der Waals surface area contributed by atoms with Crippen molar-refractivity contribution in [3.8, 4) is 5.75 Å². The van der Waals surface area contributed by atoms with Gasteiger partial charge in [0.05, 0.1) is 15.7 Å². The first-order valence-corrected chi connectivity index (χ1v) is 11.0. The summed E-state index contributed by atoms with van der Waals surface area (Å²) in [6, 6.07) is 3.78. The van der Waals surface area contributed by atoms with Crippen LogP contribution in [0.2, 0.25) is 0 Å². The molecule has 0 atom stereocenters. The van der Waals surface area contributed by atoms with E-state index < -0.39 is 0 Å². The third-order valence-corrected chi connectivity index (χ3v) is 6.66. The van der Waals surface area contributed by atoms with Gasteiger partial charge in [-0.3, -0.25) is 0 Å². The van der Waals surface area contributed by atoms with Crippen molar-refractivity contribution in [1.82, 2.24) is 0 Å². The molecule has 4 nitrogen and oxygen atoms in total. The maximum Gasteiger partial charge on any atom is 0.341 e. The van der Waals surface area contributed by atoms with Gasteiger partial charge < -0.3 is 9.84 Å². The summed E-state index contributed by atoms with van der Waals surface area (Å²) in [4.78, 5) is 18.2. The Morgan fingerprint density at radius 3 is 2.88 bits per heavy atom. The van der Waals surface area contributed by atoms with Crippen molar-refractivity contribution in [2.75, 3.05) is 6.61 Å². The Kier molecular flexibility index (Phi) is 6.37. The van der Waals surface area contributed by atoms with Crippen molar-refractivity contribution in [3.05, 3.63) is 40.8 Å². The number of esters is 1. The Morgan fingerprint density at radius 1 is 1.36 bits per heavy atom. The van der Waals surface area contributed by atoms with Gasteiger partial charge in [0.2, 0.25) is 0 Å². The van der Waals surface area contributed by atoms with Gasteiger partial charge in [-0.15, -0.1) is 11.3 Å². The van der Waals surface area contributed by atoms with Crippen LogP contribution in [0.3, 0.4) is 0 Å². The van der Waals surface area contributed by atoms with E-state index >= 15 is 0 Å². The summed E-state index contributed by atoms with van der Waals surface area (Å²) in [5, 5.41) is 10.9. The number of fused-ring (bicyclic) bond motifs is 1. The fourth-order valence-electron chi connectivity index (χ4n) is 2.87. The van der Waals surface area contributed by atoms with E-state index in [0.717, 1.165) is 38.4 Å². The molecule has 132 valence electrons. The van der Waals surface area contributed by atoms with Crippen LogP contribution < -0.4 is 0 Å². The predicted molar refractivity (Wildman–Crippen MR) is 118 cm³/mol. The van der Waals surface area contributed by atoms with Crippen molar-refractivity contribution >= 4 is 73.7 Å². The van der Waals surface area contributed by atoms with Crippen LogP contribution in [-0.2, 0) is 17.6 Å². The van der Waals surface area contributed by atoms with Crippen molar-refractivity contribution < 1.29 is 14.6 Å². The molecule has 0 unspecified atom stereocenters. The number of aryl methyl sites for hydroxylation is 1. The molecular weight excluding hydrogens is 564 g/mol. The van der Waals surface area contributed by atoms with Crippen LogP contribution in [0.5, 0.6) is 5.75 Å². The number of aromatic hydroxyl groups is 1. The molecule has 0 aliphatic heterocycles. The molecule has 0 saturated carbocycles. The van der Waals surface area contributed by atoms with Crippen LogP contribution in [0.25, 0.3) is 0 Å². The molecule has 0 amide bonds. The van der Waals surface area contributed by atoms with Gasteiger partial charge in [0.25, 0.3) is 0 Å². The smallest absolute Gasteiger partial charge is 0.341 e. The van der Waals surface area contributed by atoms with E-state index in [1.165, 1.54) is 4.88 Å². The Balaban J connectivity index is 2.02. The monoisotopic (exact) mass is 581 g/mol. The normalized spacial score (nSPS) is 13.9. The SMILES string of the molecule is CCOC(=O)c1c(N=Cc2cc(I)cc(I)c2O)sc2c1CCCC2. The molecule has 0 saturated heterocycles. The number of rotatable bonds is 4. The average molecular weight is 581 g/mol. The highest BCUT2D eigenvalue weighted by atomic mass is 127. The lowest BCUT2D eigenvalue weighted by atomic mass is 9.95. The van der Waals surface area contributed by atoms with Gasteiger partial charge in [-0.25, -0.2) is 9.79 Å². The van der Waals surface area contributed by atoms with Gasteiger partial charge in [0, 0.05) is 20.2 Å². The Hall–Kier alpha value is -0.680. The molecule has 1 aromatic heterocycles. The molecule has 0 radical (unpaired) electrons. The number of thiophene rings is 1. The third-order valence-electron chi connectivity index (χ3n) is 4.01. The van der Waals surface area contributed by atoms with Crippen molar-refractivity contribution in [2.45, 2.75) is 32.6 Å². The minimum absolute atomic E-state index is 0.212. The van der Waals surface area contributed by atoms with Gasteiger partial charge in [0.15, 0.2) is 0 Å². The highest BCUT2D eigenvalue weighted by Crippen LogP contribution is 2.40. The highest BCUT2D eigenvalue weighted by Gasteiger charge is 2.26. The van der Waals surface area contributed by atoms with Gasteiger partial charge in [-0.1, -0.05) is 0 Å². The number of phenolic OH excluding ortho intramolecular Hbond substituents is 1. The molecule has 0 bridgehead atoms. The number of nitrogens with zero attached hydrogens (tertiary/aromatic N) is 1. The first-order chi connectivity index (χ1) is 12.0. The molecule has 2 aromatic rings. The minimum Gasteiger partial charge on any atom is -0.506 e. The molecule has 0 fully saturated rings. The molecule has 3 rings (SSSR count). The van der Waals surface area contributed by atoms with Gasteiger partial charge in [-0.05, 0) is 95.5 Å². The lowest BCUT2D eigenvalue weighted by Gasteiger charge is -2.11. The summed E-state index contributed by atoms with van der Waals surface area (Å²) in [6.07, 6.45) is 5.78. The lowest BCUT2D eigenvalue weighted by Crippen LogP contribution is -2.09. The minimum atomic E-state index is -0.296. The van der Waals surface area contributed by atoms with E-state index in [2.05, 4.69) is 50.2 Å². The summed E-state index contributed by atoms with van der Waals surface area (Å²) in [5.74, 6) is -0.0840. The number of aliphatic imine (C=N–C) groups is 1. The number of benzene rings is 1. The first kappa shape index (κ1) is 19.1. The number of hydrogen-bond acceptors (Lipinski definition) is 5. The van der Waals surface area contributed by atoms with E-state index in [1.807, 2.05) is 19.1 Å². The Morgan fingerprint density at radius 2 is 2.12 bits per heavy atom. The standard InChI is InChI=1S/C18H17I2NO3S/c1-2-24-18(23)15-12-5-3-4-6-14(12)25-17(15)21-9-10-7-11(19)8-13(20)16(10)22/h7-9,22H,2-6H2,1H3. The molecular formula is C18H17I2NO3S. The third kappa shape index (κ3) is 4.19. The maximum absolute atomic E-state index is 12.4. The summed E-state index contributed by atoms with van der Waals surface area (Å²) in [6.45, 7) is 2.16. The van der Waals surface area contributed by atoms with Crippen molar-refractivity contribution in [1.29, 1.82) is 0 Å². The zero-order valence-electron chi connectivity index (χ0n) is 13.6. The second-order valence-electron chi connectivity index (χ2n) is 5.70.